The van der Waals surface area contributed by atoms with Gasteiger partial charge in [-0.1, -0.05) is 0 Å². The first kappa shape index (κ1) is 16.9. The number of amides is 1. The van der Waals surface area contributed by atoms with Crippen LogP contribution in [0.2, 0.25) is 0 Å². The highest BCUT2D eigenvalue weighted by Crippen LogP contribution is 2.41. The highest BCUT2D eigenvalue weighted by Gasteiger charge is 2.52. The van der Waals surface area contributed by atoms with E-state index >= 15 is 0 Å². The average Bonchev–Trinajstić information content (AvgIpc) is 3.14. The minimum Gasteiger partial charge on any atom is -0.465 e. The van der Waals surface area contributed by atoms with E-state index in [1.165, 1.54) is 0 Å². The summed E-state index contributed by atoms with van der Waals surface area (Å²) in [6, 6.07) is 0.473. The van der Waals surface area contributed by atoms with Gasteiger partial charge in [0.2, 0.25) is 0 Å². The molecule has 0 radical (unpaired) electrons. The van der Waals surface area contributed by atoms with Crippen molar-refractivity contribution in [3.05, 3.63) is 12.4 Å². The van der Waals surface area contributed by atoms with Gasteiger partial charge in [-0.2, -0.15) is 5.10 Å². The maximum Gasteiger partial charge on any atom is 0.498 e. The van der Waals surface area contributed by atoms with E-state index in [-0.39, 0.29) is 29.3 Å². The van der Waals surface area contributed by atoms with E-state index in [4.69, 9.17) is 9.31 Å². The Morgan fingerprint density at radius 3 is 2.24 bits per heavy atom. The summed E-state index contributed by atoms with van der Waals surface area (Å²) in [6.07, 6.45) is 6.60. The zero-order chi connectivity index (χ0) is 18.0. The third kappa shape index (κ3) is 2.66. The lowest BCUT2D eigenvalue weighted by Gasteiger charge is -2.37. The molecule has 4 rings (SSSR count). The van der Waals surface area contributed by atoms with Crippen molar-refractivity contribution >= 4 is 18.7 Å². The van der Waals surface area contributed by atoms with Gasteiger partial charge in [-0.05, 0) is 53.4 Å². The summed E-state index contributed by atoms with van der Waals surface area (Å²) in [5.41, 5.74) is 0.184. The van der Waals surface area contributed by atoms with Crippen molar-refractivity contribution in [2.75, 3.05) is 0 Å². The molecule has 136 valence electrons. The van der Waals surface area contributed by atoms with Crippen LogP contribution in [0.5, 0.6) is 0 Å². The van der Waals surface area contributed by atoms with Gasteiger partial charge in [0.25, 0.3) is 0 Å². The van der Waals surface area contributed by atoms with Crippen LogP contribution < -0.4 is 5.46 Å². The molecular formula is C17H26BN3O4. The Hall–Kier alpha value is -1.54. The highest BCUT2D eigenvalue weighted by atomic mass is 16.7. The molecule has 25 heavy (non-hydrogen) atoms. The van der Waals surface area contributed by atoms with Gasteiger partial charge in [0.1, 0.15) is 0 Å². The summed E-state index contributed by atoms with van der Waals surface area (Å²) < 4.78 is 14.2. The van der Waals surface area contributed by atoms with Gasteiger partial charge >= 0.3 is 13.2 Å². The fraction of sp³-hybridized carbons (Fsp3) is 0.765. The van der Waals surface area contributed by atoms with Crippen LogP contribution >= 0.6 is 0 Å². The van der Waals surface area contributed by atoms with E-state index < -0.39 is 13.2 Å². The standard InChI is InChI=1S/C17H26BN3O4/c1-16(2)17(3,4)25-18(24-16)11-9-19-20(10-11)14-7-12-5-6-13(8-14)21(12)15(22)23/h9-10,12-14H,5-8H2,1-4H3,(H,22,23)/t12-,13+,14?. The minimum atomic E-state index is -0.788. The van der Waals surface area contributed by atoms with Crippen LogP contribution in [-0.2, 0) is 9.31 Å². The molecule has 3 atom stereocenters. The fourth-order valence-electron chi connectivity index (χ4n) is 4.33. The molecule has 3 aliphatic rings. The number of carboxylic acid groups (broad SMARTS) is 1. The van der Waals surface area contributed by atoms with Gasteiger partial charge in [-0.15, -0.1) is 0 Å². The molecule has 0 aromatic carbocycles. The maximum absolute atomic E-state index is 11.4. The highest BCUT2D eigenvalue weighted by molar-refractivity contribution is 6.62. The molecule has 1 unspecified atom stereocenters. The van der Waals surface area contributed by atoms with Crippen LogP contribution in [-0.4, -0.2) is 56.3 Å². The van der Waals surface area contributed by atoms with Crippen molar-refractivity contribution in [2.24, 2.45) is 0 Å². The van der Waals surface area contributed by atoms with Gasteiger partial charge in [0.15, 0.2) is 0 Å². The normalized spacial score (nSPS) is 33.0. The topological polar surface area (TPSA) is 76.8 Å². The zero-order valence-corrected chi connectivity index (χ0v) is 15.3. The van der Waals surface area contributed by atoms with E-state index in [9.17, 15) is 9.90 Å². The van der Waals surface area contributed by atoms with E-state index in [1.807, 2.05) is 44.8 Å². The zero-order valence-electron chi connectivity index (χ0n) is 15.3. The molecule has 3 aliphatic heterocycles. The Labute approximate surface area is 148 Å². The second-order valence-electron chi connectivity index (χ2n) is 8.54. The number of aromatic nitrogens is 2. The van der Waals surface area contributed by atoms with Crippen molar-refractivity contribution < 1.29 is 19.2 Å². The van der Waals surface area contributed by atoms with Crippen molar-refractivity contribution in [2.45, 2.75) is 82.7 Å². The van der Waals surface area contributed by atoms with Gasteiger partial charge in [0, 0.05) is 29.9 Å². The Kier molecular flexibility index (Phi) is 3.71. The lowest BCUT2D eigenvalue weighted by molar-refractivity contribution is 0.00578. The predicted octanol–water partition coefficient (Wildman–Crippen LogP) is 2.03. The van der Waals surface area contributed by atoms with Crippen molar-refractivity contribution in [3.63, 3.8) is 0 Å². The third-order valence-corrected chi connectivity index (χ3v) is 6.45. The molecule has 1 aromatic rings. The number of rotatable bonds is 2. The van der Waals surface area contributed by atoms with E-state index in [2.05, 4.69) is 5.10 Å². The lowest BCUT2D eigenvalue weighted by atomic mass is 9.82. The van der Waals surface area contributed by atoms with Gasteiger partial charge < -0.3 is 19.3 Å². The molecule has 0 spiro atoms. The summed E-state index contributed by atoms with van der Waals surface area (Å²) in [4.78, 5) is 13.1. The molecular weight excluding hydrogens is 321 g/mol. The second kappa shape index (κ2) is 5.48. The van der Waals surface area contributed by atoms with Crippen LogP contribution in [0, 0.1) is 0 Å². The van der Waals surface area contributed by atoms with Crippen LogP contribution in [0.3, 0.4) is 0 Å². The molecule has 0 saturated carbocycles. The van der Waals surface area contributed by atoms with Gasteiger partial charge in [-0.25, -0.2) is 4.79 Å². The molecule has 2 bridgehead atoms. The van der Waals surface area contributed by atoms with Crippen molar-refractivity contribution in [1.82, 2.24) is 14.7 Å². The fourth-order valence-corrected chi connectivity index (χ4v) is 4.33. The maximum atomic E-state index is 11.4. The second-order valence-corrected chi connectivity index (χ2v) is 8.54. The lowest BCUT2D eigenvalue weighted by Crippen LogP contribution is -2.46. The first-order valence-electron chi connectivity index (χ1n) is 9.09. The van der Waals surface area contributed by atoms with E-state index in [0.717, 1.165) is 31.1 Å². The Morgan fingerprint density at radius 1 is 1.16 bits per heavy atom. The van der Waals surface area contributed by atoms with Crippen LogP contribution in [0.15, 0.2) is 12.4 Å². The first-order chi connectivity index (χ1) is 11.7. The SMILES string of the molecule is CC1(C)OB(c2cnn(C3C[C@H]4CC[C@@H](C3)N4C(=O)O)c2)OC1(C)C. The molecule has 1 N–H and O–H groups in total. The largest absolute Gasteiger partial charge is 0.498 e. The molecule has 3 saturated heterocycles. The number of hydrogen-bond donors (Lipinski definition) is 1. The quantitative estimate of drug-likeness (QED) is 0.829. The van der Waals surface area contributed by atoms with Gasteiger partial charge in [0.05, 0.1) is 17.2 Å². The van der Waals surface area contributed by atoms with Crippen LogP contribution in [0.4, 0.5) is 4.79 Å². The molecule has 1 aromatic heterocycles. The van der Waals surface area contributed by atoms with Crippen molar-refractivity contribution in [3.8, 4) is 0 Å². The first-order valence-corrected chi connectivity index (χ1v) is 9.09. The van der Waals surface area contributed by atoms with Gasteiger partial charge in [-0.3, -0.25) is 4.68 Å². The average molecular weight is 347 g/mol. The Balaban J connectivity index is 1.49. The Bertz CT molecular complexity index is 659. The molecule has 4 heterocycles. The summed E-state index contributed by atoms with van der Waals surface area (Å²) in [6.45, 7) is 8.15. The summed E-state index contributed by atoms with van der Waals surface area (Å²) in [5.74, 6) is 0. The van der Waals surface area contributed by atoms with Crippen molar-refractivity contribution in [1.29, 1.82) is 0 Å². The molecule has 0 aliphatic carbocycles. The summed E-state index contributed by atoms with van der Waals surface area (Å²) in [5, 5.41) is 13.9. The monoisotopic (exact) mass is 347 g/mol. The summed E-state index contributed by atoms with van der Waals surface area (Å²) in [7, 11) is -0.408. The number of nitrogens with zero attached hydrogens (tertiary/aromatic N) is 3. The Morgan fingerprint density at radius 2 is 1.72 bits per heavy atom. The van der Waals surface area contributed by atoms with Crippen LogP contribution in [0.25, 0.3) is 0 Å². The number of carbonyl (C=O) groups is 1. The van der Waals surface area contributed by atoms with E-state index in [0.29, 0.717) is 0 Å². The molecule has 7 nitrogen and oxygen atoms in total. The van der Waals surface area contributed by atoms with Crippen LogP contribution in [0.1, 0.15) is 59.4 Å². The smallest absolute Gasteiger partial charge is 0.465 e. The number of fused-ring (bicyclic) bond motifs is 2. The molecule has 3 fully saturated rings. The summed E-state index contributed by atoms with van der Waals surface area (Å²) >= 11 is 0. The third-order valence-electron chi connectivity index (χ3n) is 6.45. The number of hydrogen-bond acceptors (Lipinski definition) is 4. The molecule has 1 amide bonds. The van der Waals surface area contributed by atoms with E-state index in [1.54, 1.807) is 4.90 Å². The molecule has 8 heteroatoms. The predicted molar refractivity (Wildman–Crippen MR) is 92.9 cm³/mol. The minimum absolute atomic E-state index is 0.116. The number of piperidine rings is 1.